The molecule has 0 saturated heterocycles. The number of rotatable bonds is 4. The third-order valence-electron chi connectivity index (χ3n) is 8.39. The van der Waals surface area contributed by atoms with E-state index in [1.807, 2.05) is 78.9 Å². The third kappa shape index (κ3) is 3.77. The standard InChI is InChI=1S/C39H26N2O2/c1-25-12-9-15-27(24-25)29-18-10-19-31-30-17-6-8-22-34(30)40(37(29)31)35-23-11-20-32-36(35)39(43)41(38(32)42)33-21-7-5-16-28(33)26-13-3-2-4-14-26/h2-24H,1H3. The van der Waals surface area contributed by atoms with Gasteiger partial charge < -0.3 is 4.57 Å². The topological polar surface area (TPSA) is 42.3 Å². The van der Waals surface area contributed by atoms with E-state index in [2.05, 4.69) is 66.1 Å². The lowest BCUT2D eigenvalue weighted by atomic mass is 10.00. The number of hydrogen-bond donors (Lipinski definition) is 0. The molecule has 8 rings (SSSR count). The molecule has 0 atom stereocenters. The van der Waals surface area contributed by atoms with E-state index in [9.17, 15) is 9.59 Å². The molecule has 43 heavy (non-hydrogen) atoms. The van der Waals surface area contributed by atoms with E-state index in [0.29, 0.717) is 22.5 Å². The fourth-order valence-electron chi connectivity index (χ4n) is 6.52. The van der Waals surface area contributed by atoms with E-state index in [0.717, 1.165) is 44.1 Å². The zero-order valence-electron chi connectivity index (χ0n) is 23.5. The van der Waals surface area contributed by atoms with Gasteiger partial charge in [0.15, 0.2) is 0 Å². The summed E-state index contributed by atoms with van der Waals surface area (Å²) in [6.07, 6.45) is 0. The number of anilines is 1. The molecule has 1 aliphatic rings. The van der Waals surface area contributed by atoms with Crippen LogP contribution in [0.5, 0.6) is 0 Å². The van der Waals surface area contributed by atoms with Crippen LogP contribution in [0, 0.1) is 6.92 Å². The number of aromatic nitrogens is 1. The molecule has 0 unspecified atom stereocenters. The van der Waals surface area contributed by atoms with Crippen LogP contribution in [-0.4, -0.2) is 16.4 Å². The number of carbonyl (C=O) groups is 2. The van der Waals surface area contributed by atoms with Crippen molar-refractivity contribution in [1.82, 2.24) is 4.57 Å². The summed E-state index contributed by atoms with van der Waals surface area (Å²) >= 11 is 0. The summed E-state index contributed by atoms with van der Waals surface area (Å²) in [5, 5.41) is 2.18. The fourth-order valence-corrected chi connectivity index (χ4v) is 6.52. The lowest BCUT2D eigenvalue weighted by molar-refractivity contribution is 0.0926. The Morgan fingerprint density at radius 2 is 1.12 bits per heavy atom. The Labute approximate surface area is 249 Å². The molecule has 2 heterocycles. The maximum atomic E-state index is 14.5. The summed E-state index contributed by atoms with van der Waals surface area (Å²) < 4.78 is 2.17. The molecular formula is C39H26N2O2. The molecule has 0 aliphatic carbocycles. The molecular weight excluding hydrogens is 528 g/mol. The maximum Gasteiger partial charge on any atom is 0.268 e. The number of para-hydroxylation sites is 3. The summed E-state index contributed by atoms with van der Waals surface area (Å²) in [5.41, 5.74) is 9.20. The van der Waals surface area contributed by atoms with Crippen molar-refractivity contribution in [1.29, 1.82) is 0 Å². The van der Waals surface area contributed by atoms with Gasteiger partial charge in [-0.05, 0) is 42.3 Å². The van der Waals surface area contributed by atoms with Crippen molar-refractivity contribution in [2.45, 2.75) is 6.92 Å². The zero-order chi connectivity index (χ0) is 29.1. The molecule has 6 aromatic carbocycles. The SMILES string of the molecule is Cc1cccc(-c2cccc3c4ccccc4n(-c4cccc5c4C(=O)N(c4ccccc4-c4ccccc4)C5=O)c23)c1. The van der Waals surface area contributed by atoms with E-state index >= 15 is 0 Å². The van der Waals surface area contributed by atoms with Crippen LogP contribution in [0.3, 0.4) is 0 Å². The lowest BCUT2D eigenvalue weighted by Crippen LogP contribution is -2.30. The molecule has 4 nitrogen and oxygen atoms in total. The second kappa shape index (κ2) is 9.68. The van der Waals surface area contributed by atoms with Gasteiger partial charge in [0.05, 0.1) is 33.5 Å². The fraction of sp³-hybridized carbons (Fsp3) is 0.0256. The van der Waals surface area contributed by atoms with Gasteiger partial charge in [-0.3, -0.25) is 9.59 Å². The van der Waals surface area contributed by atoms with E-state index in [-0.39, 0.29) is 11.8 Å². The molecule has 1 aromatic heterocycles. The number of nitrogens with zero attached hydrogens (tertiary/aromatic N) is 2. The van der Waals surface area contributed by atoms with Crippen molar-refractivity contribution in [3.8, 4) is 27.9 Å². The highest BCUT2D eigenvalue weighted by atomic mass is 16.2. The van der Waals surface area contributed by atoms with Crippen molar-refractivity contribution in [3.05, 3.63) is 156 Å². The monoisotopic (exact) mass is 554 g/mol. The van der Waals surface area contributed by atoms with Gasteiger partial charge in [-0.2, -0.15) is 0 Å². The maximum absolute atomic E-state index is 14.5. The number of aryl methyl sites for hydroxylation is 1. The number of amides is 2. The second-order valence-corrected chi connectivity index (χ2v) is 11.0. The van der Waals surface area contributed by atoms with Crippen molar-refractivity contribution in [2.24, 2.45) is 0 Å². The smallest absolute Gasteiger partial charge is 0.268 e. The van der Waals surface area contributed by atoms with Crippen LogP contribution in [0.2, 0.25) is 0 Å². The Hall–Kier alpha value is -5.74. The highest BCUT2D eigenvalue weighted by Gasteiger charge is 2.40. The minimum atomic E-state index is -0.321. The number of benzene rings is 6. The minimum Gasteiger partial charge on any atom is -0.308 e. The predicted molar refractivity (Wildman–Crippen MR) is 174 cm³/mol. The van der Waals surface area contributed by atoms with Crippen molar-refractivity contribution in [3.63, 3.8) is 0 Å². The zero-order valence-corrected chi connectivity index (χ0v) is 23.5. The predicted octanol–water partition coefficient (Wildman–Crippen LogP) is 9.23. The van der Waals surface area contributed by atoms with Gasteiger partial charge >= 0.3 is 0 Å². The van der Waals surface area contributed by atoms with Gasteiger partial charge in [0.25, 0.3) is 11.8 Å². The molecule has 0 radical (unpaired) electrons. The van der Waals surface area contributed by atoms with Gasteiger partial charge in [-0.15, -0.1) is 0 Å². The number of hydrogen-bond acceptors (Lipinski definition) is 2. The number of carbonyl (C=O) groups excluding carboxylic acids is 2. The minimum absolute atomic E-state index is 0.315. The largest absolute Gasteiger partial charge is 0.308 e. The van der Waals surface area contributed by atoms with Crippen LogP contribution in [0.1, 0.15) is 26.3 Å². The van der Waals surface area contributed by atoms with Gasteiger partial charge in [-0.1, -0.05) is 121 Å². The Morgan fingerprint density at radius 1 is 0.488 bits per heavy atom. The Morgan fingerprint density at radius 3 is 1.98 bits per heavy atom. The van der Waals surface area contributed by atoms with Gasteiger partial charge in [0.2, 0.25) is 0 Å². The van der Waals surface area contributed by atoms with Crippen LogP contribution in [0.4, 0.5) is 5.69 Å². The molecule has 7 aromatic rings. The first-order chi connectivity index (χ1) is 21.1. The molecule has 0 saturated carbocycles. The van der Waals surface area contributed by atoms with Gasteiger partial charge in [0, 0.05) is 21.9 Å². The van der Waals surface area contributed by atoms with Crippen LogP contribution < -0.4 is 4.90 Å². The summed E-state index contributed by atoms with van der Waals surface area (Å²) in [5.74, 6) is -0.636. The molecule has 204 valence electrons. The van der Waals surface area contributed by atoms with Crippen LogP contribution in [0.15, 0.2) is 140 Å². The average Bonchev–Trinajstić information content (AvgIpc) is 3.52. The molecule has 2 amide bonds. The Bertz CT molecular complexity index is 2240. The summed E-state index contributed by atoms with van der Waals surface area (Å²) in [6.45, 7) is 2.09. The summed E-state index contributed by atoms with van der Waals surface area (Å²) in [6, 6.07) is 46.1. The first kappa shape index (κ1) is 25.0. The Balaban J connectivity index is 1.39. The van der Waals surface area contributed by atoms with E-state index in [1.165, 1.54) is 10.5 Å². The first-order valence-corrected chi connectivity index (χ1v) is 14.4. The number of fused-ring (bicyclic) bond motifs is 4. The average molecular weight is 555 g/mol. The van der Waals surface area contributed by atoms with Gasteiger partial charge in [-0.25, -0.2) is 4.90 Å². The summed E-state index contributed by atoms with van der Waals surface area (Å²) in [7, 11) is 0. The molecule has 0 fully saturated rings. The molecule has 4 heteroatoms. The number of imide groups is 1. The lowest BCUT2D eigenvalue weighted by Gasteiger charge is -2.19. The molecule has 0 spiro atoms. The molecule has 0 bridgehead atoms. The molecule has 1 aliphatic heterocycles. The van der Waals surface area contributed by atoms with Gasteiger partial charge in [0.1, 0.15) is 0 Å². The highest BCUT2D eigenvalue weighted by Crippen LogP contribution is 2.42. The second-order valence-electron chi connectivity index (χ2n) is 11.0. The van der Waals surface area contributed by atoms with Crippen LogP contribution in [-0.2, 0) is 0 Å². The van der Waals surface area contributed by atoms with Crippen molar-refractivity contribution in [2.75, 3.05) is 4.90 Å². The van der Waals surface area contributed by atoms with Crippen LogP contribution >= 0.6 is 0 Å². The quantitative estimate of drug-likeness (QED) is 0.204. The van der Waals surface area contributed by atoms with Crippen molar-refractivity contribution >= 4 is 39.3 Å². The highest BCUT2D eigenvalue weighted by molar-refractivity contribution is 6.36. The van der Waals surface area contributed by atoms with E-state index in [4.69, 9.17) is 0 Å². The van der Waals surface area contributed by atoms with E-state index < -0.39 is 0 Å². The van der Waals surface area contributed by atoms with E-state index in [1.54, 1.807) is 6.07 Å². The first-order valence-electron chi connectivity index (χ1n) is 14.4. The normalized spacial score (nSPS) is 12.8. The van der Waals surface area contributed by atoms with Crippen molar-refractivity contribution < 1.29 is 9.59 Å². The summed E-state index contributed by atoms with van der Waals surface area (Å²) in [4.78, 5) is 29.9. The third-order valence-corrected chi connectivity index (χ3v) is 8.39. The Kier molecular flexibility index (Phi) is 5.63. The molecule has 0 N–H and O–H groups in total. The van der Waals surface area contributed by atoms with Crippen LogP contribution in [0.25, 0.3) is 49.7 Å².